The zero-order valence-corrected chi connectivity index (χ0v) is 13.2. The largest absolute Gasteiger partial charge is 0.381 e. The first kappa shape index (κ1) is 15.7. The van der Waals surface area contributed by atoms with Crippen molar-refractivity contribution < 1.29 is 17.2 Å². The molecular formula is C11H11BrF2N4O2S. The summed E-state index contributed by atoms with van der Waals surface area (Å²) >= 11 is 2.80. The van der Waals surface area contributed by atoms with Crippen molar-refractivity contribution in [1.82, 2.24) is 9.78 Å². The van der Waals surface area contributed by atoms with Gasteiger partial charge in [-0.1, -0.05) is 0 Å². The third-order valence-corrected chi connectivity index (χ3v) is 4.61. The van der Waals surface area contributed by atoms with Gasteiger partial charge in [0.25, 0.3) is 10.0 Å². The van der Waals surface area contributed by atoms with Crippen molar-refractivity contribution in [3.8, 4) is 0 Å². The van der Waals surface area contributed by atoms with Gasteiger partial charge in [-0.3, -0.25) is 9.40 Å². The Morgan fingerprint density at radius 2 is 2.05 bits per heavy atom. The van der Waals surface area contributed by atoms with Gasteiger partial charge in [0.15, 0.2) is 5.82 Å². The molecule has 3 N–H and O–H groups in total. The summed E-state index contributed by atoms with van der Waals surface area (Å²) in [6, 6.07) is 1.56. The normalized spacial score (nSPS) is 11.6. The molecule has 0 unspecified atom stereocenters. The van der Waals surface area contributed by atoms with Crippen molar-refractivity contribution in [3.63, 3.8) is 0 Å². The Labute approximate surface area is 128 Å². The molecule has 10 heteroatoms. The third kappa shape index (κ3) is 3.16. The Kier molecular flexibility index (Phi) is 4.19. The highest BCUT2D eigenvalue weighted by Gasteiger charge is 2.23. The number of hydrogen-bond acceptors (Lipinski definition) is 4. The Morgan fingerprint density at radius 1 is 1.38 bits per heavy atom. The van der Waals surface area contributed by atoms with Crippen molar-refractivity contribution in [3.05, 3.63) is 34.4 Å². The lowest BCUT2D eigenvalue weighted by molar-refractivity contribution is 0.591. The number of halogens is 3. The number of rotatable bonds is 4. The van der Waals surface area contributed by atoms with E-state index in [4.69, 9.17) is 5.73 Å². The molecule has 0 aliphatic heterocycles. The molecule has 0 aliphatic rings. The van der Waals surface area contributed by atoms with Gasteiger partial charge in [0.2, 0.25) is 0 Å². The highest BCUT2D eigenvalue weighted by atomic mass is 79.9. The summed E-state index contributed by atoms with van der Waals surface area (Å²) < 4.78 is 54.5. The van der Waals surface area contributed by atoms with Gasteiger partial charge in [-0.15, -0.1) is 0 Å². The number of benzene rings is 1. The van der Waals surface area contributed by atoms with Gasteiger partial charge in [-0.25, -0.2) is 17.2 Å². The molecule has 0 saturated carbocycles. The lowest BCUT2D eigenvalue weighted by atomic mass is 10.3. The van der Waals surface area contributed by atoms with Gasteiger partial charge in [-0.2, -0.15) is 5.10 Å². The van der Waals surface area contributed by atoms with Gasteiger partial charge in [0.05, 0.1) is 10.2 Å². The lowest BCUT2D eigenvalue weighted by Gasteiger charge is -2.08. The van der Waals surface area contributed by atoms with Gasteiger partial charge >= 0.3 is 0 Å². The average Bonchev–Trinajstić information content (AvgIpc) is 2.78. The van der Waals surface area contributed by atoms with Gasteiger partial charge in [-0.05, 0) is 28.9 Å². The van der Waals surface area contributed by atoms with E-state index in [1.165, 1.54) is 10.9 Å². The molecule has 0 amide bonds. The van der Waals surface area contributed by atoms with Gasteiger partial charge < -0.3 is 5.73 Å². The number of hydrogen-bond donors (Lipinski definition) is 2. The molecule has 0 fully saturated rings. The van der Waals surface area contributed by atoms with E-state index in [1.807, 2.05) is 4.72 Å². The first-order valence-electron chi connectivity index (χ1n) is 5.75. The molecule has 0 bridgehead atoms. The van der Waals surface area contributed by atoms with E-state index in [0.717, 1.165) is 12.1 Å². The summed E-state index contributed by atoms with van der Waals surface area (Å²) in [4.78, 5) is -0.299. The summed E-state index contributed by atoms with van der Waals surface area (Å²) in [5.41, 5.74) is 5.01. The molecule has 0 spiro atoms. The van der Waals surface area contributed by atoms with E-state index in [0.29, 0.717) is 6.54 Å². The predicted octanol–water partition coefficient (Wildman–Crippen LogP) is 2.33. The van der Waals surface area contributed by atoms with E-state index >= 15 is 0 Å². The van der Waals surface area contributed by atoms with Crippen LogP contribution in [0.2, 0.25) is 0 Å². The smallest absolute Gasteiger partial charge is 0.267 e. The van der Waals surface area contributed by atoms with Crippen molar-refractivity contribution in [2.24, 2.45) is 0 Å². The van der Waals surface area contributed by atoms with Crippen LogP contribution >= 0.6 is 15.9 Å². The molecule has 6 nitrogen and oxygen atoms in total. The second-order valence-corrected chi connectivity index (χ2v) is 6.59. The average molecular weight is 381 g/mol. The Bertz CT molecular complexity index is 792. The highest BCUT2D eigenvalue weighted by Crippen LogP contribution is 2.26. The molecule has 21 heavy (non-hydrogen) atoms. The minimum absolute atomic E-state index is 0.110. The van der Waals surface area contributed by atoms with Crippen LogP contribution in [0.5, 0.6) is 0 Å². The van der Waals surface area contributed by atoms with Crippen LogP contribution in [0, 0.1) is 11.6 Å². The fourth-order valence-electron chi connectivity index (χ4n) is 1.59. The Morgan fingerprint density at radius 3 is 2.62 bits per heavy atom. The number of aromatic nitrogens is 2. The highest BCUT2D eigenvalue weighted by molar-refractivity contribution is 9.10. The molecule has 1 heterocycles. The summed E-state index contributed by atoms with van der Waals surface area (Å²) in [5, 5.41) is 3.79. The first-order valence-corrected chi connectivity index (χ1v) is 8.02. The SMILES string of the molecule is CCn1cc(S(=O)(=O)Nc2cc(F)c(Br)cc2F)c(N)n1. The maximum atomic E-state index is 13.7. The molecule has 1 aromatic heterocycles. The minimum Gasteiger partial charge on any atom is -0.381 e. The topological polar surface area (TPSA) is 90.0 Å². The molecule has 0 atom stereocenters. The fraction of sp³-hybridized carbons (Fsp3) is 0.182. The van der Waals surface area contributed by atoms with Gasteiger partial charge in [0, 0.05) is 18.8 Å². The van der Waals surface area contributed by atoms with Crippen molar-refractivity contribution >= 4 is 37.5 Å². The first-order chi connectivity index (χ1) is 9.74. The molecule has 0 radical (unpaired) electrons. The molecule has 0 aliphatic carbocycles. The molecule has 2 aromatic rings. The fourth-order valence-corrected chi connectivity index (χ4v) is 3.04. The van der Waals surface area contributed by atoms with E-state index in [2.05, 4.69) is 21.0 Å². The number of nitrogens with two attached hydrogens (primary N) is 1. The van der Waals surface area contributed by atoms with Gasteiger partial charge in [0.1, 0.15) is 16.5 Å². The van der Waals surface area contributed by atoms with Crippen molar-refractivity contribution in [2.75, 3.05) is 10.5 Å². The second kappa shape index (κ2) is 5.60. The molecular weight excluding hydrogens is 370 g/mol. The van der Waals surface area contributed by atoms with Crippen molar-refractivity contribution in [1.29, 1.82) is 0 Å². The minimum atomic E-state index is -4.17. The molecule has 0 saturated heterocycles. The van der Waals surface area contributed by atoms with Crippen LogP contribution in [0.1, 0.15) is 6.92 Å². The maximum absolute atomic E-state index is 13.7. The Hall–Kier alpha value is -1.68. The number of sulfonamides is 1. The lowest BCUT2D eigenvalue weighted by Crippen LogP contribution is -2.15. The molecule has 2 rings (SSSR count). The number of nitrogen functional groups attached to an aromatic ring is 1. The van der Waals surface area contributed by atoms with Crippen LogP contribution in [0.4, 0.5) is 20.3 Å². The summed E-state index contributed by atoms with van der Waals surface area (Å²) in [7, 11) is -4.17. The number of aryl methyl sites for hydroxylation is 1. The molecule has 1 aromatic carbocycles. The zero-order valence-electron chi connectivity index (χ0n) is 10.8. The zero-order chi connectivity index (χ0) is 15.8. The van der Waals surface area contributed by atoms with Crippen LogP contribution in [0.3, 0.4) is 0 Å². The van der Waals surface area contributed by atoms with Crippen LogP contribution in [0.15, 0.2) is 27.7 Å². The quantitative estimate of drug-likeness (QED) is 0.796. The van der Waals surface area contributed by atoms with Crippen LogP contribution in [-0.2, 0) is 16.6 Å². The summed E-state index contributed by atoms with van der Waals surface area (Å²) in [6.45, 7) is 2.17. The van der Waals surface area contributed by atoms with E-state index in [1.54, 1.807) is 6.92 Å². The van der Waals surface area contributed by atoms with E-state index in [-0.39, 0.29) is 15.2 Å². The third-order valence-electron chi connectivity index (χ3n) is 2.62. The standard InChI is InChI=1S/C11H11BrF2N4O2S/c1-2-18-5-10(11(15)16-18)21(19,20)17-9-4-7(13)6(12)3-8(9)14/h3-5,17H,2H2,1H3,(H2,15,16). The van der Waals surface area contributed by atoms with Crippen LogP contribution in [0.25, 0.3) is 0 Å². The number of nitrogens with zero attached hydrogens (tertiary/aromatic N) is 2. The summed E-state index contributed by atoms with van der Waals surface area (Å²) in [6.07, 6.45) is 1.21. The van der Waals surface area contributed by atoms with Crippen LogP contribution < -0.4 is 10.5 Å². The summed E-state index contributed by atoms with van der Waals surface area (Å²) in [5.74, 6) is -1.94. The maximum Gasteiger partial charge on any atom is 0.267 e. The van der Waals surface area contributed by atoms with E-state index in [9.17, 15) is 17.2 Å². The number of nitrogens with one attached hydrogen (secondary N) is 1. The predicted molar refractivity (Wildman–Crippen MR) is 77.2 cm³/mol. The Balaban J connectivity index is 2.42. The van der Waals surface area contributed by atoms with E-state index < -0.39 is 27.3 Å². The monoisotopic (exact) mass is 380 g/mol. The number of anilines is 2. The molecule has 114 valence electrons. The van der Waals surface area contributed by atoms with Crippen molar-refractivity contribution in [2.45, 2.75) is 18.4 Å². The van der Waals surface area contributed by atoms with Crippen LogP contribution in [-0.4, -0.2) is 18.2 Å². The second-order valence-electron chi connectivity index (χ2n) is 4.09.